The molecule has 2 amide bonds. The summed E-state index contributed by atoms with van der Waals surface area (Å²) in [5, 5.41) is 10.5. The van der Waals surface area contributed by atoms with Crippen LogP contribution in [-0.4, -0.2) is 29.4 Å². The zero-order chi connectivity index (χ0) is 10.3. The normalized spacial score (nSPS) is 9.23. The standard InChI is InChI=1S/C7H12N2O4/c8-5(10)4-9-6(11)2-1-3-7(12)13/h1-4H2,(H2,8,10)(H,9,11)(H,12,13). The summed E-state index contributed by atoms with van der Waals surface area (Å²) in [6, 6.07) is 0. The highest BCUT2D eigenvalue weighted by atomic mass is 16.4. The van der Waals surface area contributed by atoms with Crippen molar-refractivity contribution in [2.45, 2.75) is 19.3 Å². The minimum Gasteiger partial charge on any atom is -0.481 e. The number of carboxylic acid groups (broad SMARTS) is 1. The monoisotopic (exact) mass is 188 g/mol. The Bertz CT molecular complexity index is 215. The Kier molecular flexibility index (Phi) is 5.25. The Balaban J connectivity index is 3.41. The van der Waals surface area contributed by atoms with Crippen LogP contribution >= 0.6 is 0 Å². The van der Waals surface area contributed by atoms with Gasteiger partial charge in [-0.05, 0) is 6.42 Å². The molecule has 0 aliphatic rings. The number of carboxylic acids is 1. The predicted octanol–water partition coefficient (Wildman–Crippen LogP) is -1.16. The molecule has 0 unspecified atom stereocenters. The summed E-state index contributed by atoms with van der Waals surface area (Å²) in [4.78, 5) is 31.1. The second-order valence-corrected chi connectivity index (χ2v) is 2.49. The second kappa shape index (κ2) is 5.99. The number of nitrogens with one attached hydrogen (secondary N) is 1. The largest absolute Gasteiger partial charge is 0.481 e. The van der Waals surface area contributed by atoms with Gasteiger partial charge in [-0.15, -0.1) is 0 Å². The number of hydrogen-bond acceptors (Lipinski definition) is 3. The summed E-state index contributed by atoms with van der Waals surface area (Å²) < 4.78 is 0. The van der Waals surface area contributed by atoms with Crippen LogP contribution in [0.15, 0.2) is 0 Å². The maximum atomic E-state index is 10.8. The van der Waals surface area contributed by atoms with Crippen LogP contribution in [0.1, 0.15) is 19.3 Å². The van der Waals surface area contributed by atoms with E-state index in [2.05, 4.69) is 5.32 Å². The van der Waals surface area contributed by atoms with Crippen LogP contribution in [0.25, 0.3) is 0 Å². The zero-order valence-corrected chi connectivity index (χ0v) is 7.08. The minimum absolute atomic E-state index is 0.0516. The lowest BCUT2D eigenvalue weighted by atomic mass is 10.2. The van der Waals surface area contributed by atoms with Crippen molar-refractivity contribution in [1.82, 2.24) is 5.32 Å². The van der Waals surface area contributed by atoms with Gasteiger partial charge in [0, 0.05) is 12.8 Å². The topological polar surface area (TPSA) is 109 Å². The smallest absolute Gasteiger partial charge is 0.303 e. The van der Waals surface area contributed by atoms with Crippen molar-refractivity contribution in [3.8, 4) is 0 Å². The third-order valence-corrected chi connectivity index (χ3v) is 1.25. The van der Waals surface area contributed by atoms with E-state index in [-0.39, 0.29) is 31.7 Å². The Morgan fingerprint density at radius 2 is 1.85 bits per heavy atom. The highest BCUT2D eigenvalue weighted by Crippen LogP contribution is 1.94. The number of rotatable bonds is 6. The molecule has 0 aromatic heterocycles. The van der Waals surface area contributed by atoms with Crippen LogP contribution < -0.4 is 11.1 Å². The molecule has 0 aromatic rings. The van der Waals surface area contributed by atoms with Crippen molar-refractivity contribution in [1.29, 1.82) is 0 Å². The molecule has 0 spiro atoms. The van der Waals surface area contributed by atoms with E-state index in [1.807, 2.05) is 0 Å². The third-order valence-electron chi connectivity index (χ3n) is 1.25. The quantitative estimate of drug-likeness (QED) is 0.488. The van der Waals surface area contributed by atoms with Gasteiger partial charge < -0.3 is 16.2 Å². The fourth-order valence-corrected chi connectivity index (χ4v) is 0.674. The molecule has 0 fully saturated rings. The van der Waals surface area contributed by atoms with Gasteiger partial charge in [-0.25, -0.2) is 0 Å². The van der Waals surface area contributed by atoms with Crippen molar-refractivity contribution in [3.63, 3.8) is 0 Å². The van der Waals surface area contributed by atoms with Crippen LogP contribution in [0.2, 0.25) is 0 Å². The number of carbonyl (C=O) groups excluding carboxylic acids is 2. The van der Waals surface area contributed by atoms with Gasteiger partial charge in [-0.1, -0.05) is 0 Å². The molecule has 0 aliphatic heterocycles. The highest BCUT2D eigenvalue weighted by molar-refractivity contribution is 5.83. The van der Waals surface area contributed by atoms with E-state index < -0.39 is 11.9 Å². The van der Waals surface area contributed by atoms with Gasteiger partial charge in [0.25, 0.3) is 0 Å². The Hall–Kier alpha value is -1.59. The SMILES string of the molecule is NC(=O)CNC(=O)CCCC(=O)O. The predicted molar refractivity (Wildman–Crippen MR) is 43.7 cm³/mol. The number of carbonyl (C=O) groups is 3. The van der Waals surface area contributed by atoms with Gasteiger partial charge in [-0.2, -0.15) is 0 Å². The minimum atomic E-state index is -0.942. The fraction of sp³-hybridized carbons (Fsp3) is 0.571. The molecular weight excluding hydrogens is 176 g/mol. The maximum Gasteiger partial charge on any atom is 0.303 e. The lowest BCUT2D eigenvalue weighted by Gasteiger charge is -2.00. The van der Waals surface area contributed by atoms with E-state index in [1.165, 1.54) is 0 Å². The third kappa shape index (κ3) is 8.32. The Morgan fingerprint density at radius 1 is 1.23 bits per heavy atom. The molecule has 0 aromatic carbocycles. The summed E-state index contributed by atoms with van der Waals surface area (Å²) in [6.07, 6.45) is 0.309. The van der Waals surface area contributed by atoms with Crippen LogP contribution in [0.4, 0.5) is 0 Å². The van der Waals surface area contributed by atoms with E-state index in [0.717, 1.165) is 0 Å². The number of amides is 2. The highest BCUT2D eigenvalue weighted by Gasteiger charge is 2.03. The fourth-order valence-electron chi connectivity index (χ4n) is 0.674. The molecule has 74 valence electrons. The lowest BCUT2D eigenvalue weighted by molar-refractivity contribution is -0.137. The van der Waals surface area contributed by atoms with E-state index >= 15 is 0 Å². The second-order valence-electron chi connectivity index (χ2n) is 2.49. The van der Waals surface area contributed by atoms with E-state index in [0.29, 0.717) is 0 Å². The van der Waals surface area contributed by atoms with Gasteiger partial charge in [0.15, 0.2) is 0 Å². The summed E-state index contributed by atoms with van der Waals surface area (Å²) in [5.74, 6) is -1.92. The molecule has 6 heteroatoms. The molecule has 0 bridgehead atoms. The van der Waals surface area contributed by atoms with Crippen LogP contribution in [0.5, 0.6) is 0 Å². The van der Waals surface area contributed by atoms with Crippen molar-refractivity contribution in [2.24, 2.45) is 5.73 Å². The Morgan fingerprint density at radius 3 is 2.31 bits per heavy atom. The number of nitrogens with two attached hydrogens (primary N) is 1. The van der Waals surface area contributed by atoms with E-state index in [4.69, 9.17) is 10.8 Å². The first-order valence-electron chi connectivity index (χ1n) is 3.79. The van der Waals surface area contributed by atoms with Gasteiger partial charge in [0.2, 0.25) is 11.8 Å². The molecule has 6 nitrogen and oxygen atoms in total. The van der Waals surface area contributed by atoms with Crippen LogP contribution in [0, 0.1) is 0 Å². The first-order chi connectivity index (χ1) is 6.02. The van der Waals surface area contributed by atoms with Gasteiger partial charge in [-0.3, -0.25) is 14.4 Å². The van der Waals surface area contributed by atoms with E-state index in [1.54, 1.807) is 0 Å². The molecule has 0 aliphatic carbocycles. The molecule has 0 saturated carbocycles. The first kappa shape index (κ1) is 11.4. The lowest BCUT2D eigenvalue weighted by Crippen LogP contribution is -2.33. The maximum absolute atomic E-state index is 10.8. The van der Waals surface area contributed by atoms with Gasteiger partial charge in [0.1, 0.15) is 0 Å². The van der Waals surface area contributed by atoms with Gasteiger partial charge in [0.05, 0.1) is 6.54 Å². The molecule has 0 atom stereocenters. The zero-order valence-electron chi connectivity index (χ0n) is 7.08. The summed E-state index contributed by atoms with van der Waals surface area (Å²) in [7, 11) is 0. The molecule has 13 heavy (non-hydrogen) atoms. The molecule has 4 N–H and O–H groups in total. The van der Waals surface area contributed by atoms with Crippen molar-refractivity contribution < 1.29 is 19.5 Å². The molecule has 0 saturated heterocycles. The van der Waals surface area contributed by atoms with Gasteiger partial charge >= 0.3 is 5.97 Å². The molecule has 0 heterocycles. The molecular formula is C7H12N2O4. The summed E-state index contributed by atoms with van der Waals surface area (Å²) >= 11 is 0. The average molecular weight is 188 g/mol. The van der Waals surface area contributed by atoms with Crippen molar-refractivity contribution in [2.75, 3.05) is 6.54 Å². The molecule has 0 rings (SSSR count). The number of hydrogen-bond donors (Lipinski definition) is 3. The average Bonchev–Trinajstić information content (AvgIpc) is 2.00. The van der Waals surface area contributed by atoms with E-state index in [9.17, 15) is 14.4 Å². The number of primary amides is 1. The summed E-state index contributed by atoms with van der Waals surface area (Å²) in [5.41, 5.74) is 4.77. The first-order valence-corrected chi connectivity index (χ1v) is 3.79. The Labute approximate surface area is 75.1 Å². The number of aliphatic carboxylic acids is 1. The van der Waals surface area contributed by atoms with Crippen LogP contribution in [-0.2, 0) is 14.4 Å². The van der Waals surface area contributed by atoms with Crippen molar-refractivity contribution >= 4 is 17.8 Å². The van der Waals surface area contributed by atoms with Crippen LogP contribution in [0.3, 0.4) is 0 Å². The summed E-state index contributed by atoms with van der Waals surface area (Å²) in [6.45, 7) is -0.202. The molecule has 0 radical (unpaired) electrons. The van der Waals surface area contributed by atoms with Crippen molar-refractivity contribution in [3.05, 3.63) is 0 Å².